The van der Waals surface area contributed by atoms with Crippen LogP contribution in [0, 0.1) is 27.7 Å². The van der Waals surface area contributed by atoms with E-state index in [0.717, 1.165) is 67.1 Å². The van der Waals surface area contributed by atoms with E-state index in [2.05, 4.69) is 37.4 Å². The maximum absolute atomic E-state index is 12.5. The lowest BCUT2D eigenvalue weighted by atomic mass is 9.96. The van der Waals surface area contributed by atoms with Crippen LogP contribution in [0.2, 0.25) is 0 Å². The van der Waals surface area contributed by atoms with Crippen LogP contribution in [0.25, 0.3) is 33.4 Å². The maximum atomic E-state index is 12.5. The van der Waals surface area contributed by atoms with E-state index in [9.17, 15) is 9.59 Å². The van der Waals surface area contributed by atoms with Gasteiger partial charge in [0.25, 0.3) is 0 Å². The van der Waals surface area contributed by atoms with E-state index in [4.69, 9.17) is 28.4 Å². The van der Waals surface area contributed by atoms with Crippen molar-refractivity contribution >= 4 is 11.9 Å². The molecule has 0 aliphatic carbocycles. The predicted octanol–water partition coefficient (Wildman–Crippen LogP) is 12.5. The zero-order chi connectivity index (χ0) is 44.2. The number of aryl methyl sites for hydroxylation is 4. The summed E-state index contributed by atoms with van der Waals surface area (Å²) in [7, 11) is 0. The van der Waals surface area contributed by atoms with Crippen LogP contribution in [-0.4, -0.2) is 37.7 Å². The number of benzene rings is 6. The molecule has 6 aromatic carbocycles. The van der Waals surface area contributed by atoms with Crippen LogP contribution < -0.4 is 18.9 Å². The molecule has 0 saturated carbocycles. The smallest absolute Gasteiger partial charge is 0.336 e. The van der Waals surface area contributed by atoms with E-state index in [0.29, 0.717) is 24.3 Å². The number of hydrogen-bond donors (Lipinski definition) is 0. The normalized spacial score (nSPS) is 11.8. The van der Waals surface area contributed by atoms with Crippen molar-refractivity contribution in [2.75, 3.05) is 13.2 Å². The highest BCUT2D eigenvalue weighted by Gasteiger charge is 2.20. The third-order valence-electron chi connectivity index (χ3n) is 10.1. The van der Waals surface area contributed by atoms with Crippen LogP contribution in [0.4, 0.5) is 0 Å². The molecule has 6 rings (SSSR count). The van der Waals surface area contributed by atoms with Gasteiger partial charge in [0.2, 0.25) is 12.6 Å². The van der Waals surface area contributed by atoms with Crippen LogP contribution in [0.15, 0.2) is 158 Å². The minimum Gasteiger partial charge on any atom is -0.493 e. The highest BCUT2D eigenvalue weighted by Crippen LogP contribution is 2.35. The van der Waals surface area contributed by atoms with E-state index in [1.165, 1.54) is 0 Å². The SMILES string of the molecule is C=C(C)C(=O)OC(CCOc1c(C)cc(-c2cc(C)c(OCCC(OC(=O)C(=C)C)Oc3ccc(-c4ccccc4)cc3)c(C)c2)cc1C)Oc1ccc(-c2ccccc2)cc1. The molecular weight excluding hydrogens is 777 g/mol. The van der Waals surface area contributed by atoms with Crippen molar-refractivity contribution in [3.8, 4) is 56.4 Å². The van der Waals surface area contributed by atoms with Crippen LogP contribution in [0.5, 0.6) is 23.0 Å². The Morgan fingerprint density at radius 3 is 1.06 bits per heavy atom. The minimum absolute atomic E-state index is 0.250. The lowest BCUT2D eigenvalue weighted by molar-refractivity contribution is -0.161. The first-order valence-electron chi connectivity index (χ1n) is 20.7. The van der Waals surface area contributed by atoms with Gasteiger partial charge in [0.15, 0.2) is 0 Å². The fraction of sp³-hybridized carbons (Fsp3) is 0.222. The van der Waals surface area contributed by atoms with Crippen LogP contribution in [0.3, 0.4) is 0 Å². The molecule has 0 spiro atoms. The molecule has 62 heavy (non-hydrogen) atoms. The summed E-state index contributed by atoms with van der Waals surface area (Å²) < 4.78 is 36.2. The second kappa shape index (κ2) is 21.0. The van der Waals surface area contributed by atoms with Crippen molar-refractivity contribution in [2.24, 2.45) is 0 Å². The van der Waals surface area contributed by atoms with Crippen molar-refractivity contribution < 1.29 is 38.0 Å². The van der Waals surface area contributed by atoms with Gasteiger partial charge in [-0.3, -0.25) is 0 Å². The van der Waals surface area contributed by atoms with Gasteiger partial charge in [-0.1, -0.05) is 98.1 Å². The summed E-state index contributed by atoms with van der Waals surface area (Å²) in [5.41, 5.74) is 10.8. The molecule has 2 unspecified atom stereocenters. The highest BCUT2D eigenvalue weighted by atomic mass is 16.7. The molecule has 0 radical (unpaired) electrons. The lowest BCUT2D eigenvalue weighted by Gasteiger charge is -2.21. The summed E-state index contributed by atoms with van der Waals surface area (Å²) in [5.74, 6) is 1.61. The fourth-order valence-electron chi connectivity index (χ4n) is 6.94. The van der Waals surface area contributed by atoms with Gasteiger partial charge < -0.3 is 28.4 Å². The predicted molar refractivity (Wildman–Crippen MR) is 245 cm³/mol. The molecular formula is C54H54O8. The molecule has 0 amide bonds. The molecule has 318 valence electrons. The molecule has 0 N–H and O–H groups in total. The van der Waals surface area contributed by atoms with E-state index >= 15 is 0 Å². The third kappa shape index (κ3) is 12.0. The first-order valence-corrected chi connectivity index (χ1v) is 20.7. The first-order chi connectivity index (χ1) is 29.8. The fourth-order valence-corrected chi connectivity index (χ4v) is 6.94. The average molecular weight is 831 g/mol. The number of hydrogen-bond acceptors (Lipinski definition) is 8. The number of esters is 2. The van der Waals surface area contributed by atoms with Crippen molar-refractivity contribution in [2.45, 2.75) is 67.0 Å². The summed E-state index contributed by atoms with van der Waals surface area (Å²) in [6.07, 6.45) is -1.16. The van der Waals surface area contributed by atoms with E-state index in [1.807, 2.05) is 137 Å². The quantitative estimate of drug-likeness (QED) is 0.0453. The highest BCUT2D eigenvalue weighted by molar-refractivity contribution is 5.87. The van der Waals surface area contributed by atoms with Crippen molar-refractivity contribution in [1.82, 2.24) is 0 Å². The Hall–Kier alpha value is -7.06. The van der Waals surface area contributed by atoms with Gasteiger partial charge >= 0.3 is 11.9 Å². The minimum atomic E-state index is -0.879. The van der Waals surface area contributed by atoms with E-state index < -0.39 is 24.5 Å². The molecule has 0 fully saturated rings. The van der Waals surface area contributed by atoms with Gasteiger partial charge in [0.05, 0.1) is 26.1 Å². The Bertz CT molecular complexity index is 2270. The third-order valence-corrected chi connectivity index (χ3v) is 10.1. The average Bonchev–Trinajstić information content (AvgIpc) is 3.26. The topological polar surface area (TPSA) is 89.5 Å². The van der Waals surface area contributed by atoms with Gasteiger partial charge in [-0.05, 0) is 146 Å². The second-order valence-electron chi connectivity index (χ2n) is 15.4. The molecule has 8 nitrogen and oxygen atoms in total. The zero-order valence-corrected chi connectivity index (χ0v) is 36.4. The lowest BCUT2D eigenvalue weighted by Crippen LogP contribution is -2.27. The molecule has 0 aliphatic heterocycles. The van der Waals surface area contributed by atoms with E-state index in [-0.39, 0.29) is 24.4 Å². The number of carbonyl (C=O) groups is 2. The summed E-state index contributed by atoms with van der Waals surface area (Å²) in [4.78, 5) is 25.1. The van der Waals surface area contributed by atoms with Crippen molar-refractivity contribution in [3.63, 3.8) is 0 Å². The Morgan fingerprint density at radius 1 is 0.452 bits per heavy atom. The van der Waals surface area contributed by atoms with Gasteiger partial charge in [-0.25, -0.2) is 9.59 Å². The molecule has 8 heteroatoms. The summed E-state index contributed by atoms with van der Waals surface area (Å²) >= 11 is 0. The Kier molecular flexibility index (Phi) is 15.0. The molecule has 0 bridgehead atoms. The number of carbonyl (C=O) groups excluding carboxylic acids is 2. The standard InChI is InChI=1S/C54H54O8/c1-35(2)53(55)61-49(59-47-23-19-43(20-24-47)41-15-11-9-12-16-41)27-29-57-51-37(5)31-45(32-38(51)6)46-33-39(7)52(40(8)34-46)58-30-28-50(62-54(56)36(3)4)60-48-25-21-44(22-26-48)42-17-13-10-14-18-42/h9-26,31-34,49-50H,1,3,27-30H2,2,4-8H3. The summed E-state index contributed by atoms with van der Waals surface area (Å²) in [6, 6.07) is 43.9. The second-order valence-corrected chi connectivity index (χ2v) is 15.4. The molecule has 0 aromatic heterocycles. The van der Waals surface area contributed by atoms with Crippen LogP contribution in [0.1, 0.15) is 48.9 Å². The Morgan fingerprint density at radius 2 is 0.758 bits per heavy atom. The van der Waals surface area contributed by atoms with Crippen LogP contribution >= 0.6 is 0 Å². The number of rotatable bonds is 19. The van der Waals surface area contributed by atoms with Gasteiger partial charge in [-0.15, -0.1) is 0 Å². The summed E-state index contributed by atoms with van der Waals surface area (Å²) in [6.45, 7) is 19.2. The number of ether oxygens (including phenoxy) is 6. The van der Waals surface area contributed by atoms with Crippen LogP contribution in [-0.2, 0) is 19.1 Å². The monoisotopic (exact) mass is 830 g/mol. The molecule has 0 aliphatic rings. The zero-order valence-electron chi connectivity index (χ0n) is 36.4. The first kappa shape index (κ1) is 44.5. The Balaban J connectivity index is 1.07. The maximum Gasteiger partial charge on any atom is 0.336 e. The van der Waals surface area contributed by atoms with E-state index in [1.54, 1.807) is 13.8 Å². The Labute approximate surface area is 365 Å². The largest absolute Gasteiger partial charge is 0.493 e. The van der Waals surface area contributed by atoms with Gasteiger partial charge in [-0.2, -0.15) is 0 Å². The molecule has 6 aromatic rings. The molecule has 0 heterocycles. The van der Waals surface area contributed by atoms with Crippen molar-refractivity contribution in [1.29, 1.82) is 0 Å². The van der Waals surface area contributed by atoms with Gasteiger partial charge in [0, 0.05) is 11.1 Å². The van der Waals surface area contributed by atoms with Gasteiger partial charge in [0.1, 0.15) is 23.0 Å². The molecule has 0 saturated heterocycles. The van der Waals surface area contributed by atoms with Crippen molar-refractivity contribution in [3.05, 3.63) is 180 Å². The molecule has 2 atom stereocenters. The summed E-state index contributed by atoms with van der Waals surface area (Å²) in [5, 5.41) is 0.